The zero-order chi connectivity index (χ0) is 20.2. The van der Waals surface area contributed by atoms with E-state index in [4.69, 9.17) is 14.2 Å². The molecule has 6 nitrogen and oxygen atoms in total. The molecule has 1 aromatic carbocycles. The predicted octanol–water partition coefficient (Wildman–Crippen LogP) is 4.17. The predicted molar refractivity (Wildman–Crippen MR) is 107 cm³/mol. The summed E-state index contributed by atoms with van der Waals surface area (Å²) in [5.41, 5.74) is 2.68. The Morgan fingerprint density at radius 2 is 1.93 bits per heavy atom. The molecule has 0 amide bonds. The van der Waals surface area contributed by atoms with Crippen LogP contribution in [0.5, 0.6) is 11.5 Å². The molecule has 2 atom stereocenters. The molecule has 0 saturated heterocycles. The number of Topliss-reactive ketones (excluding diaryl/α,β-unsaturated/α-hetero) is 1. The third-order valence-electron chi connectivity index (χ3n) is 5.58. The Labute approximate surface area is 172 Å². The van der Waals surface area contributed by atoms with Crippen molar-refractivity contribution in [1.82, 2.24) is 0 Å². The number of carbonyl (C=O) groups is 2. The lowest BCUT2D eigenvalue weighted by Gasteiger charge is -2.39. The first-order valence-corrected chi connectivity index (χ1v) is 9.99. The molecule has 7 heteroatoms. The van der Waals surface area contributed by atoms with E-state index in [1.807, 2.05) is 19.1 Å². The minimum absolute atomic E-state index is 0.0333. The quantitative estimate of drug-likeness (QED) is 0.635. The van der Waals surface area contributed by atoms with Gasteiger partial charge in [-0.25, -0.2) is 0 Å². The van der Waals surface area contributed by atoms with Crippen molar-refractivity contribution in [2.45, 2.75) is 39.5 Å². The highest BCUT2D eigenvalue weighted by Gasteiger charge is 2.46. The Balaban J connectivity index is 1.93. The van der Waals surface area contributed by atoms with E-state index >= 15 is 0 Å². The highest BCUT2D eigenvalue weighted by molar-refractivity contribution is 9.10. The molecule has 0 N–H and O–H groups in total. The van der Waals surface area contributed by atoms with E-state index < -0.39 is 17.8 Å². The Bertz CT molecular complexity index is 946. The van der Waals surface area contributed by atoms with Crippen LogP contribution in [-0.2, 0) is 14.3 Å². The van der Waals surface area contributed by atoms with E-state index in [9.17, 15) is 9.59 Å². The SMILES string of the molecule is COC(=O)C1C(C)=NC2=C(C(=O)CC(C)(C)C2)[C@@H]1c1cc2c(cc1Br)OCO2. The monoisotopic (exact) mass is 447 g/mol. The molecule has 2 aliphatic heterocycles. The first-order chi connectivity index (χ1) is 13.2. The van der Waals surface area contributed by atoms with Gasteiger partial charge in [0.05, 0.1) is 7.11 Å². The summed E-state index contributed by atoms with van der Waals surface area (Å²) in [6.45, 7) is 6.11. The maximum Gasteiger partial charge on any atom is 0.315 e. The molecule has 4 rings (SSSR count). The van der Waals surface area contributed by atoms with Gasteiger partial charge < -0.3 is 14.2 Å². The highest BCUT2D eigenvalue weighted by atomic mass is 79.9. The third-order valence-corrected chi connectivity index (χ3v) is 6.27. The summed E-state index contributed by atoms with van der Waals surface area (Å²) in [7, 11) is 1.36. The number of carbonyl (C=O) groups excluding carboxylic acids is 2. The number of esters is 1. The van der Waals surface area contributed by atoms with Crippen molar-refractivity contribution in [3.8, 4) is 11.5 Å². The number of allylic oxidation sites excluding steroid dienone is 2. The molecule has 148 valence electrons. The lowest BCUT2D eigenvalue weighted by atomic mass is 9.67. The van der Waals surface area contributed by atoms with E-state index in [0.29, 0.717) is 35.6 Å². The van der Waals surface area contributed by atoms with E-state index in [0.717, 1.165) is 15.7 Å². The van der Waals surface area contributed by atoms with Gasteiger partial charge in [-0.3, -0.25) is 14.6 Å². The molecule has 0 fully saturated rings. The summed E-state index contributed by atoms with van der Waals surface area (Å²) in [6.07, 6.45) is 1.12. The van der Waals surface area contributed by atoms with Crippen LogP contribution in [0.3, 0.4) is 0 Å². The Morgan fingerprint density at radius 1 is 1.25 bits per heavy atom. The van der Waals surface area contributed by atoms with Crippen molar-refractivity contribution in [2.24, 2.45) is 16.3 Å². The molecule has 3 aliphatic rings. The topological polar surface area (TPSA) is 74.2 Å². The van der Waals surface area contributed by atoms with Gasteiger partial charge in [0.25, 0.3) is 0 Å². The summed E-state index contributed by atoms with van der Waals surface area (Å²) in [6, 6.07) is 3.67. The highest BCUT2D eigenvalue weighted by Crippen LogP contribution is 2.51. The van der Waals surface area contributed by atoms with Crippen LogP contribution in [0, 0.1) is 11.3 Å². The molecule has 0 saturated carbocycles. The molecule has 0 spiro atoms. The van der Waals surface area contributed by atoms with E-state index in [1.54, 1.807) is 0 Å². The number of aliphatic imine (C=N–C) groups is 1. The van der Waals surface area contributed by atoms with Crippen LogP contribution in [0.2, 0.25) is 0 Å². The van der Waals surface area contributed by atoms with Crippen molar-refractivity contribution in [3.63, 3.8) is 0 Å². The van der Waals surface area contributed by atoms with Crippen LogP contribution in [0.4, 0.5) is 0 Å². The van der Waals surface area contributed by atoms with Crippen LogP contribution in [0.1, 0.15) is 45.1 Å². The Kier molecular flexibility index (Phi) is 4.61. The number of methoxy groups -OCH3 is 1. The summed E-state index contributed by atoms with van der Waals surface area (Å²) < 4.78 is 16.8. The number of rotatable bonds is 2. The number of hydrogen-bond acceptors (Lipinski definition) is 6. The van der Waals surface area contributed by atoms with Crippen molar-refractivity contribution in [3.05, 3.63) is 33.4 Å². The lowest BCUT2D eigenvalue weighted by Crippen LogP contribution is -2.39. The molecular weight excluding hydrogens is 426 g/mol. The standard InChI is InChI=1S/C21H22BrNO5/c1-10-17(20(25)26-4)18(11-5-15-16(6-12(11)22)28-9-27-15)19-13(23-10)7-21(2,3)8-14(19)24/h5-6,17-18H,7-9H2,1-4H3/t17?,18-/m1/s1. The fraction of sp³-hybridized carbons (Fsp3) is 0.476. The minimum Gasteiger partial charge on any atom is -0.468 e. The molecule has 1 aromatic rings. The second kappa shape index (κ2) is 6.72. The zero-order valence-corrected chi connectivity index (χ0v) is 17.9. The molecule has 1 unspecified atom stereocenters. The Hall–Kier alpha value is -2.15. The number of hydrogen-bond donors (Lipinski definition) is 0. The maximum absolute atomic E-state index is 13.2. The lowest BCUT2D eigenvalue weighted by molar-refractivity contribution is -0.143. The fourth-order valence-corrected chi connectivity index (χ4v) is 4.95. The van der Waals surface area contributed by atoms with Crippen LogP contribution in [0.25, 0.3) is 0 Å². The van der Waals surface area contributed by atoms with Gasteiger partial charge in [0.1, 0.15) is 5.92 Å². The normalized spacial score (nSPS) is 25.3. The van der Waals surface area contributed by atoms with Gasteiger partial charge in [0.15, 0.2) is 17.3 Å². The van der Waals surface area contributed by atoms with Crippen molar-refractivity contribution in [2.75, 3.05) is 13.9 Å². The molecule has 0 aromatic heterocycles. The number of benzene rings is 1. The number of halogens is 1. The average molecular weight is 448 g/mol. The van der Waals surface area contributed by atoms with Gasteiger partial charge >= 0.3 is 5.97 Å². The van der Waals surface area contributed by atoms with Crippen molar-refractivity contribution < 1.29 is 23.8 Å². The second-order valence-corrected chi connectivity index (χ2v) is 9.11. The van der Waals surface area contributed by atoms with Crippen LogP contribution < -0.4 is 9.47 Å². The van der Waals surface area contributed by atoms with Crippen LogP contribution in [0.15, 0.2) is 32.9 Å². The van der Waals surface area contributed by atoms with Crippen LogP contribution in [-0.4, -0.2) is 31.4 Å². The summed E-state index contributed by atoms with van der Waals surface area (Å²) in [5.74, 6) is -0.270. The van der Waals surface area contributed by atoms with E-state index in [1.165, 1.54) is 7.11 Å². The largest absolute Gasteiger partial charge is 0.468 e. The average Bonchev–Trinajstić information content (AvgIpc) is 3.05. The summed E-state index contributed by atoms with van der Waals surface area (Å²) in [5, 5.41) is 0. The van der Waals surface area contributed by atoms with Crippen LogP contribution >= 0.6 is 15.9 Å². The molecule has 2 heterocycles. The number of ether oxygens (including phenoxy) is 3. The number of fused-ring (bicyclic) bond motifs is 1. The van der Waals surface area contributed by atoms with Crippen molar-refractivity contribution in [1.29, 1.82) is 0 Å². The summed E-state index contributed by atoms with van der Waals surface area (Å²) >= 11 is 3.60. The zero-order valence-electron chi connectivity index (χ0n) is 16.3. The number of nitrogens with zero attached hydrogens (tertiary/aromatic N) is 1. The molecule has 0 radical (unpaired) electrons. The maximum atomic E-state index is 13.2. The van der Waals surface area contributed by atoms with E-state index in [-0.39, 0.29) is 18.0 Å². The third kappa shape index (κ3) is 3.05. The molecule has 1 aliphatic carbocycles. The smallest absolute Gasteiger partial charge is 0.315 e. The summed E-state index contributed by atoms with van der Waals surface area (Å²) in [4.78, 5) is 30.6. The van der Waals surface area contributed by atoms with Gasteiger partial charge in [-0.2, -0.15) is 0 Å². The fourth-order valence-electron chi connectivity index (χ4n) is 4.38. The first-order valence-electron chi connectivity index (χ1n) is 9.20. The van der Waals surface area contributed by atoms with Gasteiger partial charge in [-0.05, 0) is 36.5 Å². The van der Waals surface area contributed by atoms with Gasteiger partial charge in [-0.1, -0.05) is 29.8 Å². The van der Waals surface area contributed by atoms with Gasteiger partial charge in [0.2, 0.25) is 6.79 Å². The Morgan fingerprint density at radius 3 is 2.61 bits per heavy atom. The minimum atomic E-state index is -0.661. The number of ketones is 1. The van der Waals surface area contributed by atoms with Gasteiger partial charge in [0, 0.05) is 33.8 Å². The molecular formula is C21H22BrNO5. The second-order valence-electron chi connectivity index (χ2n) is 8.26. The molecule has 28 heavy (non-hydrogen) atoms. The van der Waals surface area contributed by atoms with E-state index in [2.05, 4.69) is 34.8 Å². The molecule has 0 bridgehead atoms. The van der Waals surface area contributed by atoms with Gasteiger partial charge in [-0.15, -0.1) is 0 Å². The first kappa shape index (κ1) is 19.2. The van der Waals surface area contributed by atoms with Crippen molar-refractivity contribution >= 4 is 33.4 Å².